The second-order valence-corrected chi connectivity index (χ2v) is 8.28. The van der Waals surface area contributed by atoms with Crippen molar-refractivity contribution in [2.45, 2.75) is 84.0 Å². The number of hydrogen-bond donors (Lipinski definition) is 7. The quantitative estimate of drug-likeness (QED) is 0.144. The lowest BCUT2D eigenvalue weighted by Gasteiger charge is -2.30. The molecule has 6 unspecified atom stereocenters. The van der Waals surface area contributed by atoms with Gasteiger partial charge in [-0.05, 0) is 18.3 Å². The normalized spacial score (nSPS) is 16.1. The molecule has 194 valence electrons. The smallest absolute Gasteiger partial charge is 0.326 e. The monoisotopic (exact) mass is 488 g/mol. The Morgan fingerprint density at radius 1 is 0.735 bits per heavy atom. The van der Waals surface area contributed by atoms with Crippen LogP contribution in [0.2, 0.25) is 0 Å². The van der Waals surface area contributed by atoms with Crippen molar-refractivity contribution in [2.75, 3.05) is 0 Å². The van der Waals surface area contributed by atoms with Gasteiger partial charge in [0.2, 0.25) is 17.7 Å². The van der Waals surface area contributed by atoms with Crippen LogP contribution in [0.3, 0.4) is 0 Å². The summed E-state index contributed by atoms with van der Waals surface area (Å²) in [5.41, 5.74) is 5.57. The van der Waals surface area contributed by atoms with Crippen molar-refractivity contribution < 1.29 is 44.1 Å². The third kappa shape index (κ3) is 10.6. The molecule has 8 N–H and O–H groups in total. The zero-order valence-electron chi connectivity index (χ0n) is 19.9. The van der Waals surface area contributed by atoms with E-state index in [0.29, 0.717) is 12.8 Å². The van der Waals surface area contributed by atoms with E-state index in [1.54, 1.807) is 27.7 Å². The van der Waals surface area contributed by atoms with Gasteiger partial charge in [0, 0.05) is 6.42 Å². The average Bonchev–Trinajstić information content (AvgIpc) is 2.75. The number of nitrogens with two attached hydrogens (primary N) is 1. The van der Waals surface area contributed by atoms with E-state index in [2.05, 4.69) is 16.0 Å². The molecule has 0 aromatic heterocycles. The topological polar surface area (TPSA) is 225 Å². The van der Waals surface area contributed by atoms with Gasteiger partial charge < -0.3 is 37.0 Å². The molecular formula is C21H36N4O9. The van der Waals surface area contributed by atoms with E-state index >= 15 is 0 Å². The molecule has 0 bridgehead atoms. The summed E-state index contributed by atoms with van der Waals surface area (Å²) in [7, 11) is 0. The summed E-state index contributed by atoms with van der Waals surface area (Å²) in [6, 6.07) is -5.14. The minimum Gasteiger partial charge on any atom is -0.481 e. The first-order valence-electron chi connectivity index (χ1n) is 11.1. The van der Waals surface area contributed by atoms with E-state index < -0.39 is 84.5 Å². The number of carboxylic acids is 3. The lowest BCUT2D eigenvalue weighted by atomic mass is 9.94. The first-order valence-corrected chi connectivity index (χ1v) is 11.1. The van der Waals surface area contributed by atoms with E-state index in [9.17, 15) is 33.9 Å². The summed E-state index contributed by atoms with van der Waals surface area (Å²) in [4.78, 5) is 71.2. The number of carboxylic acid groups (broad SMARTS) is 3. The fourth-order valence-corrected chi connectivity index (χ4v) is 2.97. The van der Waals surface area contributed by atoms with Crippen LogP contribution in [-0.2, 0) is 28.8 Å². The Hall–Kier alpha value is -3.22. The fourth-order valence-electron chi connectivity index (χ4n) is 2.97. The van der Waals surface area contributed by atoms with Crippen molar-refractivity contribution >= 4 is 35.6 Å². The molecule has 0 saturated heterocycles. The van der Waals surface area contributed by atoms with E-state index in [1.807, 2.05) is 0 Å². The molecule has 34 heavy (non-hydrogen) atoms. The van der Waals surface area contributed by atoms with Crippen molar-refractivity contribution in [3.63, 3.8) is 0 Å². The zero-order valence-corrected chi connectivity index (χ0v) is 19.9. The van der Waals surface area contributed by atoms with Gasteiger partial charge in [-0.3, -0.25) is 24.0 Å². The molecule has 0 aliphatic heterocycles. The number of carbonyl (C=O) groups excluding carboxylic acids is 3. The summed E-state index contributed by atoms with van der Waals surface area (Å²) < 4.78 is 0. The Kier molecular flexibility index (Phi) is 13.4. The molecule has 0 spiro atoms. The van der Waals surface area contributed by atoms with Crippen LogP contribution in [-0.4, -0.2) is 75.1 Å². The maximum atomic E-state index is 13.0. The number of rotatable bonds is 16. The number of hydrogen-bond acceptors (Lipinski definition) is 7. The average molecular weight is 489 g/mol. The highest BCUT2D eigenvalue weighted by Crippen LogP contribution is 2.13. The van der Waals surface area contributed by atoms with Gasteiger partial charge in [0.25, 0.3) is 0 Å². The molecule has 0 radical (unpaired) electrons. The second-order valence-electron chi connectivity index (χ2n) is 8.28. The molecule has 3 amide bonds. The largest absolute Gasteiger partial charge is 0.481 e. The van der Waals surface area contributed by atoms with E-state index in [-0.39, 0.29) is 6.42 Å². The molecule has 0 saturated carbocycles. The molecule has 0 rings (SSSR count). The van der Waals surface area contributed by atoms with Crippen molar-refractivity contribution in [1.29, 1.82) is 0 Å². The third-order valence-corrected chi connectivity index (χ3v) is 5.58. The maximum Gasteiger partial charge on any atom is 0.326 e. The molecule has 0 heterocycles. The summed E-state index contributed by atoms with van der Waals surface area (Å²) in [5, 5.41) is 34.2. The van der Waals surface area contributed by atoms with E-state index in [4.69, 9.17) is 15.9 Å². The highest BCUT2D eigenvalue weighted by molar-refractivity contribution is 5.95. The molecule has 13 heteroatoms. The highest BCUT2D eigenvalue weighted by atomic mass is 16.4. The number of amides is 3. The molecule has 0 aliphatic carbocycles. The predicted molar refractivity (Wildman–Crippen MR) is 119 cm³/mol. The molecule has 6 atom stereocenters. The van der Waals surface area contributed by atoms with Gasteiger partial charge in [-0.15, -0.1) is 0 Å². The number of nitrogens with one attached hydrogen (secondary N) is 3. The first-order chi connectivity index (χ1) is 15.7. The van der Waals surface area contributed by atoms with Gasteiger partial charge in [0.1, 0.15) is 18.1 Å². The summed E-state index contributed by atoms with van der Waals surface area (Å²) in [6.45, 7) is 6.87. The standard InChI is InChI=1S/C21H36N4O9/c1-5-10(3)16(19(31)23-13(21(33)34)7-8-14(26)27)25-20(32)17(11(4)6-2)24-18(30)12(22)9-15(28)29/h10-13,16-17H,5-9,22H2,1-4H3,(H,23,31)(H,24,30)(H,25,32)(H,26,27)(H,28,29)(H,33,34). The van der Waals surface area contributed by atoms with Crippen LogP contribution in [0.15, 0.2) is 0 Å². The minimum absolute atomic E-state index is 0.343. The van der Waals surface area contributed by atoms with Gasteiger partial charge >= 0.3 is 17.9 Å². The fraction of sp³-hybridized carbons (Fsp3) is 0.714. The number of carbonyl (C=O) groups is 6. The highest BCUT2D eigenvalue weighted by Gasteiger charge is 2.34. The van der Waals surface area contributed by atoms with Crippen molar-refractivity contribution in [3.8, 4) is 0 Å². The van der Waals surface area contributed by atoms with Gasteiger partial charge in [0.05, 0.1) is 12.5 Å². The molecule has 0 aliphatic rings. The third-order valence-electron chi connectivity index (χ3n) is 5.58. The van der Waals surface area contributed by atoms with Gasteiger partial charge in [-0.1, -0.05) is 40.5 Å². The van der Waals surface area contributed by atoms with Gasteiger partial charge in [0.15, 0.2) is 0 Å². The Morgan fingerprint density at radius 2 is 1.18 bits per heavy atom. The predicted octanol–water partition coefficient (Wildman–Crippen LogP) is -0.716. The zero-order chi connectivity index (χ0) is 26.6. The maximum absolute atomic E-state index is 13.0. The molecule has 13 nitrogen and oxygen atoms in total. The van der Waals surface area contributed by atoms with Crippen molar-refractivity contribution in [3.05, 3.63) is 0 Å². The summed E-state index contributed by atoms with van der Waals surface area (Å²) in [5.74, 6) is -7.12. The summed E-state index contributed by atoms with van der Waals surface area (Å²) >= 11 is 0. The van der Waals surface area contributed by atoms with E-state index in [0.717, 1.165) is 0 Å². The lowest BCUT2D eigenvalue weighted by molar-refractivity contribution is -0.143. The Bertz CT molecular complexity index is 759. The van der Waals surface area contributed by atoms with Crippen molar-refractivity contribution in [2.24, 2.45) is 17.6 Å². The Balaban J connectivity index is 5.62. The van der Waals surface area contributed by atoms with Crippen LogP contribution in [0, 0.1) is 11.8 Å². The van der Waals surface area contributed by atoms with Crippen LogP contribution >= 0.6 is 0 Å². The Labute approximate surface area is 197 Å². The van der Waals surface area contributed by atoms with Crippen LogP contribution in [0.5, 0.6) is 0 Å². The van der Waals surface area contributed by atoms with Crippen molar-refractivity contribution in [1.82, 2.24) is 16.0 Å². The second kappa shape index (κ2) is 14.8. The van der Waals surface area contributed by atoms with Crippen LogP contribution in [0.4, 0.5) is 0 Å². The molecule has 0 fully saturated rings. The summed E-state index contributed by atoms with van der Waals surface area (Å²) in [6.07, 6.45) is -0.551. The lowest BCUT2D eigenvalue weighted by Crippen LogP contribution is -2.60. The van der Waals surface area contributed by atoms with Crippen LogP contribution in [0.25, 0.3) is 0 Å². The molecule has 0 aromatic carbocycles. The van der Waals surface area contributed by atoms with Gasteiger partial charge in [-0.2, -0.15) is 0 Å². The SMILES string of the molecule is CCC(C)C(NC(=O)C(N)CC(=O)O)C(=O)NC(C(=O)NC(CCC(=O)O)C(=O)O)C(C)CC. The van der Waals surface area contributed by atoms with Gasteiger partial charge in [-0.25, -0.2) is 4.79 Å². The first kappa shape index (κ1) is 30.8. The Morgan fingerprint density at radius 3 is 1.56 bits per heavy atom. The van der Waals surface area contributed by atoms with Crippen LogP contribution < -0.4 is 21.7 Å². The van der Waals surface area contributed by atoms with E-state index in [1.165, 1.54) is 0 Å². The molecule has 0 aromatic rings. The molecular weight excluding hydrogens is 452 g/mol. The number of aliphatic carboxylic acids is 3. The van der Waals surface area contributed by atoms with Crippen LogP contribution in [0.1, 0.15) is 59.8 Å². The minimum atomic E-state index is -1.47.